The predicted octanol–water partition coefficient (Wildman–Crippen LogP) is 1.17. The molecule has 8 heteroatoms. The number of Topliss-reactive ketones (excluding diaryl/α,β-unsaturated/α-hetero) is 1. The second-order valence-corrected chi connectivity index (χ2v) is 6.58. The average Bonchev–Trinajstić information content (AvgIpc) is 2.55. The van der Waals surface area contributed by atoms with Crippen LogP contribution < -0.4 is 10.6 Å². The van der Waals surface area contributed by atoms with Crippen molar-refractivity contribution >= 4 is 35.3 Å². The van der Waals surface area contributed by atoms with E-state index in [2.05, 4.69) is 10.6 Å². The Morgan fingerprint density at radius 1 is 1.12 bits per heavy atom. The van der Waals surface area contributed by atoms with Gasteiger partial charge in [0.1, 0.15) is 5.78 Å². The summed E-state index contributed by atoms with van der Waals surface area (Å²) < 4.78 is 4.97. The van der Waals surface area contributed by atoms with Gasteiger partial charge in [-0.25, -0.2) is 4.79 Å². The number of ether oxygens (including phenoxy) is 1. The van der Waals surface area contributed by atoms with Crippen LogP contribution in [0.4, 0.5) is 0 Å². The molecule has 0 aliphatic rings. The number of rotatable bonds is 9. The van der Waals surface area contributed by atoms with E-state index < -0.39 is 18.5 Å². The van der Waals surface area contributed by atoms with Gasteiger partial charge in [0.05, 0.1) is 17.9 Å². The molecule has 0 saturated carbocycles. The van der Waals surface area contributed by atoms with Gasteiger partial charge in [-0.15, -0.1) is 11.8 Å². The Labute approximate surface area is 150 Å². The first-order valence-electron chi connectivity index (χ1n) is 7.74. The monoisotopic (exact) mass is 366 g/mol. The van der Waals surface area contributed by atoms with Gasteiger partial charge in [0.2, 0.25) is 5.91 Å². The van der Waals surface area contributed by atoms with Crippen LogP contribution in [0.2, 0.25) is 0 Å². The fraction of sp³-hybridized carbons (Fsp3) is 0.412. The van der Waals surface area contributed by atoms with Crippen molar-refractivity contribution < 1.29 is 23.9 Å². The van der Waals surface area contributed by atoms with Crippen molar-refractivity contribution in [3.05, 3.63) is 29.8 Å². The lowest BCUT2D eigenvalue weighted by Crippen LogP contribution is -2.41. The minimum atomic E-state index is -0.659. The largest absolute Gasteiger partial charge is 0.452 e. The number of ketones is 1. The maximum Gasteiger partial charge on any atom is 0.339 e. The molecule has 0 bridgehead atoms. The van der Waals surface area contributed by atoms with Crippen LogP contribution in [0.25, 0.3) is 0 Å². The fourth-order valence-electron chi connectivity index (χ4n) is 1.75. The van der Waals surface area contributed by atoms with E-state index >= 15 is 0 Å². The smallest absolute Gasteiger partial charge is 0.339 e. The third-order valence-electron chi connectivity index (χ3n) is 2.77. The lowest BCUT2D eigenvalue weighted by atomic mass is 10.2. The minimum Gasteiger partial charge on any atom is -0.452 e. The Morgan fingerprint density at radius 3 is 2.44 bits per heavy atom. The van der Waals surface area contributed by atoms with Crippen molar-refractivity contribution in [3.8, 4) is 0 Å². The zero-order valence-electron chi connectivity index (χ0n) is 14.5. The van der Waals surface area contributed by atoms with Gasteiger partial charge in [-0.3, -0.25) is 14.4 Å². The highest BCUT2D eigenvalue weighted by molar-refractivity contribution is 8.00. The molecule has 25 heavy (non-hydrogen) atoms. The first kappa shape index (κ1) is 20.7. The fourth-order valence-corrected chi connectivity index (χ4v) is 2.59. The molecule has 0 heterocycles. The van der Waals surface area contributed by atoms with Gasteiger partial charge in [0.25, 0.3) is 5.91 Å². The zero-order valence-corrected chi connectivity index (χ0v) is 15.3. The highest BCUT2D eigenvalue weighted by Gasteiger charge is 2.15. The van der Waals surface area contributed by atoms with Crippen LogP contribution in [0.3, 0.4) is 0 Å². The van der Waals surface area contributed by atoms with Crippen molar-refractivity contribution in [2.24, 2.45) is 0 Å². The number of benzene rings is 1. The van der Waals surface area contributed by atoms with Gasteiger partial charge in [-0.1, -0.05) is 12.1 Å². The molecule has 1 aromatic rings. The van der Waals surface area contributed by atoms with Crippen molar-refractivity contribution in [1.29, 1.82) is 0 Å². The summed E-state index contributed by atoms with van der Waals surface area (Å²) in [5, 5.41) is 5.00. The number of thioether (sulfide) groups is 1. The number of nitrogens with one attached hydrogen (secondary N) is 2. The second kappa shape index (κ2) is 10.5. The molecule has 7 nitrogen and oxygen atoms in total. The molecule has 0 saturated heterocycles. The summed E-state index contributed by atoms with van der Waals surface area (Å²) in [5.74, 6) is -1.31. The van der Waals surface area contributed by atoms with Crippen LogP contribution in [0, 0.1) is 0 Å². The average molecular weight is 366 g/mol. The van der Waals surface area contributed by atoms with Crippen molar-refractivity contribution in [2.75, 3.05) is 18.9 Å². The molecule has 0 aromatic heterocycles. The quantitative estimate of drug-likeness (QED) is 0.502. The summed E-state index contributed by atoms with van der Waals surface area (Å²) in [5.41, 5.74) is 0.291. The summed E-state index contributed by atoms with van der Waals surface area (Å²) in [4.78, 5) is 46.9. The van der Waals surface area contributed by atoms with E-state index in [9.17, 15) is 19.2 Å². The van der Waals surface area contributed by atoms with Crippen LogP contribution >= 0.6 is 11.8 Å². The summed E-state index contributed by atoms with van der Waals surface area (Å²) in [6, 6.07) is 6.68. The summed E-state index contributed by atoms with van der Waals surface area (Å²) >= 11 is 1.23. The summed E-state index contributed by atoms with van der Waals surface area (Å²) in [6.07, 6.45) is 0. The van der Waals surface area contributed by atoms with Crippen LogP contribution in [-0.2, 0) is 19.1 Å². The molecule has 0 unspecified atom stereocenters. The van der Waals surface area contributed by atoms with E-state index in [0.717, 1.165) is 0 Å². The lowest BCUT2D eigenvalue weighted by Gasteiger charge is -2.10. The third-order valence-corrected chi connectivity index (χ3v) is 3.99. The van der Waals surface area contributed by atoms with Crippen LogP contribution in [0.5, 0.6) is 0 Å². The second-order valence-electron chi connectivity index (χ2n) is 5.56. The van der Waals surface area contributed by atoms with Crippen molar-refractivity contribution in [1.82, 2.24) is 10.6 Å². The van der Waals surface area contributed by atoms with Gasteiger partial charge >= 0.3 is 5.97 Å². The number of hydrogen-bond acceptors (Lipinski definition) is 6. The Bertz CT molecular complexity index is 646. The molecule has 136 valence electrons. The Morgan fingerprint density at radius 2 is 1.80 bits per heavy atom. The Kier molecular flexibility index (Phi) is 8.69. The molecular formula is C17H22N2O5S. The van der Waals surface area contributed by atoms with E-state index in [1.165, 1.54) is 18.7 Å². The molecule has 0 aliphatic carbocycles. The van der Waals surface area contributed by atoms with Gasteiger partial charge in [0, 0.05) is 10.9 Å². The predicted molar refractivity (Wildman–Crippen MR) is 94.4 cm³/mol. The number of carbonyl (C=O) groups excluding carboxylic acids is 4. The molecule has 1 rings (SSSR count). The first-order chi connectivity index (χ1) is 11.8. The van der Waals surface area contributed by atoms with Crippen molar-refractivity contribution in [2.45, 2.75) is 31.7 Å². The van der Waals surface area contributed by atoms with E-state index in [-0.39, 0.29) is 30.0 Å². The molecule has 2 amide bonds. The van der Waals surface area contributed by atoms with E-state index in [4.69, 9.17) is 4.74 Å². The zero-order chi connectivity index (χ0) is 18.8. The highest BCUT2D eigenvalue weighted by Crippen LogP contribution is 2.23. The van der Waals surface area contributed by atoms with Gasteiger partial charge in [-0.05, 0) is 32.9 Å². The van der Waals surface area contributed by atoms with Gasteiger partial charge < -0.3 is 15.4 Å². The Hall–Kier alpha value is -2.35. The van der Waals surface area contributed by atoms with Crippen LogP contribution in [-0.4, -0.2) is 48.5 Å². The van der Waals surface area contributed by atoms with Crippen LogP contribution in [0.15, 0.2) is 29.2 Å². The number of esters is 1. The Balaban J connectivity index is 2.50. The SMILES string of the molecule is CC(=O)CSc1ccccc1C(=O)OCC(=O)NCC(=O)NC(C)C. The van der Waals surface area contributed by atoms with Crippen LogP contribution in [0.1, 0.15) is 31.1 Å². The van der Waals surface area contributed by atoms with E-state index in [0.29, 0.717) is 10.5 Å². The minimum absolute atomic E-state index is 0.00720. The molecule has 1 aromatic carbocycles. The maximum atomic E-state index is 12.1. The third kappa shape index (κ3) is 8.35. The number of hydrogen-bond donors (Lipinski definition) is 2. The standard InChI is InChI=1S/C17H22N2O5S/c1-11(2)19-15(21)8-18-16(22)9-24-17(23)13-6-4-5-7-14(13)25-10-12(3)20/h4-7,11H,8-10H2,1-3H3,(H,18,22)(H,19,21). The molecule has 0 aliphatic heterocycles. The molecule has 2 N–H and O–H groups in total. The normalized spacial score (nSPS) is 10.2. The van der Waals surface area contributed by atoms with Gasteiger partial charge in [-0.2, -0.15) is 0 Å². The first-order valence-corrected chi connectivity index (χ1v) is 8.72. The molecule has 0 fully saturated rings. The van der Waals surface area contributed by atoms with Gasteiger partial charge in [0.15, 0.2) is 6.61 Å². The lowest BCUT2D eigenvalue weighted by molar-refractivity contribution is -0.128. The van der Waals surface area contributed by atoms with E-state index in [1.807, 2.05) is 13.8 Å². The maximum absolute atomic E-state index is 12.1. The highest BCUT2D eigenvalue weighted by atomic mass is 32.2. The molecule has 0 radical (unpaired) electrons. The number of amides is 2. The number of carbonyl (C=O) groups is 4. The molecule has 0 atom stereocenters. The molecular weight excluding hydrogens is 344 g/mol. The molecule has 0 spiro atoms. The van der Waals surface area contributed by atoms with Crippen molar-refractivity contribution in [3.63, 3.8) is 0 Å². The summed E-state index contributed by atoms with van der Waals surface area (Å²) in [6.45, 7) is 4.42. The van der Waals surface area contributed by atoms with E-state index in [1.54, 1.807) is 24.3 Å². The topological polar surface area (TPSA) is 102 Å². The summed E-state index contributed by atoms with van der Waals surface area (Å²) in [7, 11) is 0.